The molecule has 6 heteroatoms. The Hall–Kier alpha value is -2.89. The van der Waals surface area contributed by atoms with Gasteiger partial charge in [-0.1, -0.05) is 18.2 Å². The van der Waals surface area contributed by atoms with Crippen molar-refractivity contribution in [2.24, 2.45) is 0 Å². The van der Waals surface area contributed by atoms with Crippen LogP contribution < -0.4 is 15.1 Å². The maximum absolute atomic E-state index is 11.9. The second kappa shape index (κ2) is 7.99. The molecular weight excluding hydrogens is 326 g/mol. The number of rotatable bonds is 5. The molecular formula is C20H25N5O. The Morgan fingerprint density at radius 3 is 2.54 bits per heavy atom. The number of piperazine rings is 1. The van der Waals surface area contributed by atoms with E-state index in [9.17, 15) is 4.79 Å². The highest BCUT2D eigenvalue weighted by Gasteiger charge is 2.20. The van der Waals surface area contributed by atoms with Crippen LogP contribution in [0.5, 0.6) is 0 Å². The van der Waals surface area contributed by atoms with Gasteiger partial charge in [0.1, 0.15) is 11.5 Å². The molecule has 0 bridgehead atoms. The molecule has 0 spiro atoms. The van der Waals surface area contributed by atoms with E-state index in [1.54, 1.807) is 12.3 Å². The standard InChI is InChI=1S/C20H25N5O/c1-4-8-21-20(26)17-13-23-19(14-22-17)25-11-9-24(10-12-25)18-7-5-6-15(2)16(18)3/h4-7,13-14H,1,8-12H2,2-3H3,(H,21,26). The number of aromatic nitrogens is 2. The predicted octanol–water partition coefficient (Wildman–Crippen LogP) is 2.34. The number of carbonyl (C=O) groups is 1. The van der Waals surface area contributed by atoms with Gasteiger partial charge in [-0.15, -0.1) is 6.58 Å². The second-order valence-electron chi connectivity index (χ2n) is 6.45. The lowest BCUT2D eigenvalue weighted by Gasteiger charge is -2.37. The monoisotopic (exact) mass is 351 g/mol. The van der Waals surface area contributed by atoms with Gasteiger partial charge in [-0.25, -0.2) is 9.97 Å². The average Bonchev–Trinajstić information content (AvgIpc) is 2.68. The van der Waals surface area contributed by atoms with E-state index >= 15 is 0 Å². The molecule has 0 radical (unpaired) electrons. The third-order valence-corrected chi connectivity index (χ3v) is 4.80. The Labute approximate surface area is 154 Å². The molecule has 2 aromatic rings. The van der Waals surface area contributed by atoms with E-state index in [1.165, 1.54) is 23.0 Å². The molecule has 0 aliphatic carbocycles. The van der Waals surface area contributed by atoms with E-state index in [1.807, 2.05) is 0 Å². The zero-order chi connectivity index (χ0) is 18.5. The van der Waals surface area contributed by atoms with E-state index in [-0.39, 0.29) is 5.91 Å². The maximum Gasteiger partial charge on any atom is 0.271 e. The van der Waals surface area contributed by atoms with Crippen LogP contribution in [0.3, 0.4) is 0 Å². The van der Waals surface area contributed by atoms with Crippen LogP contribution in [-0.2, 0) is 0 Å². The van der Waals surface area contributed by atoms with Crippen LogP contribution in [0.15, 0.2) is 43.2 Å². The highest BCUT2D eigenvalue weighted by Crippen LogP contribution is 2.24. The molecule has 0 saturated carbocycles. The van der Waals surface area contributed by atoms with Crippen molar-refractivity contribution in [2.75, 3.05) is 42.5 Å². The highest BCUT2D eigenvalue weighted by atomic mass is 16.1. The summed E-state index contributed by atoms with van der Waals surface area (Å²) in [5.41, 5.74) is 4.30. The third-order valence-electron chi connectivity index (χ3n) is 4.80. The minimum Gasteiger partial charge on any atom is -0.368 e. The van der Waals surface area contributed by atoms with Gasteiger partial charge < -0.3 is 15.1 Å². The first kappa shape index (κ1) is 17.9. The quantitative estimate of drug-likeness (QED) is 0.838. The molecule has 136 valence electrons. The van der Waals surface area contributed by atoms with E-state index in [0.717, 1.165) is 32.0 Å². The van der Waals surface area contributed by atoms with Crippen molar-refractivity contribution in [1.29, 1.82) is 0 Å². The Kier molecular flexibility index (Phi) is 5.51. The topological polar surface area (TPSA) is 61.4 Å². The average molecular weight is 351 g/mol. The molecule has 1 N–H and O–H groups in total. The second-order valence-corrected chi connectivity index (χ2v) is 6.45. The van der Waals surface area contributed by atoms with Gasteiger partial charge in [-0.05, 0) is 31.0 Å². The number of hydrogen-bond acceptors (Lipinski definition) is 5. The molecule has 1 saturated heterocycles. The molecule has 1 aromatic heterocycles. The van der Waals surface area contributed by atoms with Crippen LogP contribution >= 0.6 is 0 Å². The van der Waals surface area contributed by atoms with Gasteiger partial charge in [0.2, 0.25) is 0 Å². The molecule has 0 atom stereocenters. The summed E-state index contributed by atoms with van der Waals surface area (Å²) in [6.07, 6.45) is 4.84. The Morgan fingerprint density at radius 1 is 1.15 bits per heavy atom. The molecule has 6 nitrogen and oxygen atoms in total. The molecule has 0 unspecified atom stereocenters. The van der Waals surface area contributed by atoms with Gasteiger partial charge in [0, 0.05) is 38.4 Å². The summed E-state index contributed by atoms with van der Waals surface area (Å²) in [6.45, 7) is 12.0. The van der Waals surface area contributed by atoms with Crippen LogP contribution in [-0.4, -0.2) is 48.6 Å². The molecule has 1 fully saturated rings. The number of amides is 1. The zero-order valence-electron chi connectivity index (χ0n) is 15.4. The van der Waals surface area contributed by atoms with Gasteiger partial charge >= 0.3 is 0 Å². The van der Waals surface area contributed by atoms with Gasteiger partial charge in [-0.2, -0.15) is 0 Å². The number of aryl methyl sites for hydroxylation is 1. The summed E-state index contributed by atoms with van der Waals surface area (Å²) in [5.74, 6) is 0.578. The highest BCUT2D eigenvalue weighted by molar-refractivity contribution is 5.92. The van der Waals surface area contributed by atoms with Crippen molar-refractivity contribution >= 4 is 17.4 Å². The summed E-state index contributed by atoms with van der Waals surface area (Å²) in [7, 11) is 0. The van der Waals surface area contributed by atoms with E-state index in [2.05, 4.69) is 63.7 Å². The molecule has 2 heterocycles. The Bertz CT molecular complexity index is 779. The van der Waals surface area contributed by atoms with Gasteiger partial charge in [0.15, 0.2) is 0 Å². The minimum atomic E-state index is -0.233. The van der Waals surface area contributed by atoms with E-state index in [0.29, 0.717) is 12.2 Å². The zero-order valence-corrected chi connectivity index (χ0v) is 15.4. The SMILES string of the molecule is C=CCNC(=O)c1cnc(N2CCN(c3cccc(C)c3C)CC2)cn1. The molecule has 1 aromatic carbocycles. The normalized spacial score (nSPS) is 14.2. The van der Waals surface area contributed by atoms with Gasteiger partial charge in [0.05, 0.1) is 12.4 Å². The van der Waals surface area contributed by atoms with Crippen molar-refractivity contribution in [3.05, 3.63) is 60.1 Å². The van der Waals surface area contributed by atoms with Crippen LogP contribution in [0.1, 0.15) is 21.6 Å². The Morgan fingerprint density at radius 2 is 1.88 bits per heavy atom. The van der Waals surface area contributed by atoms with E-state index < -0.39 is 0 Å². The first-order valence-electron chi connectivity index (χ1n) is 8.87. The summed E-state index contributed by atoms with van der Waals surface area (Å²) in [6, 6.07) is 6.46. The minimum absolute atomic E-state index is 0.233. The number of hydrogen-bond donors (Lipinski definition) is 1. The van der Waals surface area contributed by atoms with E-state index in [4.69, 9.17) is 0 Å². The lowest BCUT2D eigenvalue weighted by atomic mass is 10.1. The van der Waals surface area contributed by atoms with Crippen molar-refractivity contribution in [3.8, 4) is 0 Å². The summed E-state index contributed by atoms with van der Waals surface area (Å²) < 4.78 is 0. The third kappa shape index (κ3) is 3.85. The van der Waals surface area contributed by atoms with Crippen molar-refractivity contribution in [3.63, 3.8) is 0 Å². The largest absolute Gasteiger partial charge is 0.368 e. The molecule has 1 aliphatic heterocycles. The predicted molar refractivity (Wildman–Crippen MR) is 105 cm³/mol. The fourth-order valence-electron chi connectivity index (χ4n) is 3.11. The van der Waals surface area contributed by atoms with Crippen LogP contribution in [0.4, 0.5) is 11.5 Å². The number of anilines is 2. The fraction of sp³-hybridized carbons (Fsp3) is 0.350. The number of carbonyl (C=O) groups excluding carboxylic acids is 1. The van der Waals surface area contributed by atoms with Crippen molar-refractivity contribution in [1.82, 2.24) is 15.3 Å². The fourth-order valence-corrected chi connectivity index (χ4v) is 3.11. The Balaban J connectivity index is 1.62. The first-order chi connectivity index (χ1) is 12.6. The summed E-state index contributed by atoms with van der Waals surface area (Å²) in [5, 5.41) is 2.70. The maximum atomic E-state index is 11.9. The molecule has 3 rings (SSSR count). The molecule has 26 heavy (non-hydrogen) atoms. The van der Waals surface area contributed by atoms with Crippen molar-refractivity contribution in [2.45, 2.75) is 13.8 Å². The summed E-state index contributed by atoms with van der Waals surface area (Å²) in [4.78, 5) is 25.2. The van der Waals surface area contributed by atoms with Crippen LogP contribution in [0.25, 0.3) is 0 Å². The smallest absolute Gasteiger partial charge is 0.271 e. The molecule has 1 aliphatic rings. The van der Waals surface area contributed by atoms with Crippen LogP contribution in [0.2, 0.25) is 0 Å². The first-order valence-corrected chi connectivity index (χ1v) is 8.87. The number of nitrogens with zero attached hydrogens (tertiary/aromatic N) is 4. The number of nitrogens with one attached hydrogen (secondary N) is 1. The van der Waals surface area contributed by atoms with Gasteiger partial charge in [-0.3, -0.25) is 4.79 Å². The van der Waals surface area contributed by atoms with Crippen LogP contribution in [0, 0.1) is 13.8 Å². The number of benzene rings is 1. The molecule has 1 amide bonds. The lowest BCUT2D eigenvalue weighted by molar-refractivity contribution is 0.0952. The summed E-state index contributed by atoms with van der Waals surface area (Å²) >= 11 is 0. The van der Waals surface area contributed by atoms with Gasteiger partial charge in [0.25, 0.3) is 5.91 Å². The van der Waals surface area contributed by atoms with Crippen molar-refractivity contribution < 1.29 is 4.79 Å². The lowest BCUT2D eigenvalue weighted by Crippen LogP contribution is -2.47.